The van der Waals surface area contributed by atoms with Gasteiger partial charge in [0.25, 0.3) is 0 Å². The third kappa shape index (κ3) is 1.84. The molecule has 0 aliphatic heterocycles. The zero-order chi connectivity index (χ0) is 13.6. The molecule has 0 radical (unpaired) electrons. The Morgan fingerprint density at radius 3 is 2.63 bits per heavy atom. The van der Waals surface area contributed by atoms with E-state index in [2.05, 4.69) is 4.98 Å². The molecule has 96 valence electrons. The van der Waals surface area contributed by atoms with Crippen molar-refractivity contribution in [3.63, 3.8) is 0 Å². The summed E-state index contributed by atoms with van der Waals surface area (Å²) >= 11 is 5.08. The third-order valence-corrected chi connectivity index (χ3v) is 3.10. The summed E-state index contributed by atoms with van der Waals surface area (Å²) in [5, 5.41) is 0. The Kier molecular flexibility index (Phi) is 2.67. The standard InChI is InChI=1S/C13H7F3N2S/c14-7-4-5-9-11(6-7)18(13(19)17-9)10-3-1-2-8(15)12(10)16/h1-6H,(H,17,19). The molecule has 0 saturated carbocycles. The van der Waals surface area contributed by atoms with E-state index >= 15 is 0 Å². The quantitative estimate of drug-likeness (QED) is 0.665. The number of aromatic amines is 1. The lowest BCUT2D eigenvalue weighted by molar-refractivity contribution is 0.504. The zero-order valence-electron chi connectivity index (χ0n) is 9.45. The normalized spacial score (nSPS) is 11.1. The van der Waals surface area contributed by atoms with Gasteiger partial charge in [-0.2, -0.15) is 0 Å². The Morgan fingerprint density at radius 1 is 1.05 bits per heavy atom. The van der Waals surface area contributed by atoms with Gasteiger partial charge in [-0.3, -0.25) is 4.57 Å². The number of fused-ring (bicyclic) bond motifs is 1. The van der Waals surface area contributed by atoms with Gasteiger partial charge in [-0.15, -0.1) is 0 Å². The smallest absolute Gasteiger partial charge is 0.182 e. The summed E-state index contributed by atoms with van der Waals surface area (Å²) in [6.07, 6.45) is 0. The number of rotatable bonds is 1. The SMILES string of the molecule is Fc1ccc2[nH]c(=S)n(-c3cccc(F)c3F)c2c1. The van der Waals surface area contributed by atoms with Crippen molar-refractivity contribution < 1.29 is 13.2 Å². The van der Waals surface area contributed by atoms with Crippen molar-refractivity contribution in [2.45, 2.75) is 0 Å². The average Bonchev–Trinajstić information content (AvgIpc) is 2.69. The summed E-state index contributed by atoms with van der Waals surface area (Å²) in [7, 11) is 0. The molecule has 0 aliphatic carbocycles. The molecule has 0 fully saturated rings. The number of H-pyrrole nitrogens is 1. The lowest BCUT2D eigenvalue weighted by atomic mass is 10.2. The van der Waals surface area contributed by atoms with Gasteiger partial charge in [0, 0.05) is 6.07 Å². The van der Waals surface area contributed by atoms with E-state index in [1.165, 1.54) is 34.9 Å². The predicted octanol–water partition coefficient (Wildman–Crippen LogP) is 4.11. The minimum atomic E-state index is -1.02. The van der Waals surface area contributed by atoms with Gasteiger partial charge in [0.05, 0.1) is 16.7 Å². The van der Waals surface area contributed by atoms with E-state index in [-0.39, 0.29) is 10.5 Å². The Balaban J connectivity index is 2.42. The van der Waals surface area contributed by atoms with E-state index in [0.717, 1.165) is 6.07 Å². The van der Waals surface area contributed by atoms with Gasteiger partial charge in [-0.05, 0) is 36.5 Å². The van der Waals surface area contributed by atoms with Gasteiger partial charge in [-0.1, -0.05) is 6.07 Å². The number of nitrogens with one attached hydrogen (secondary N) is 1. The van der Waals surface area contributed by atoms with Crippen molar-refractivity contribution in [1.29, 1.82) is 0 Å². The van der Waals surface area contributed by atoms with E-state index < -0.39 is 17.5 Å². The van der Waals surface area contributed by atoms with Crippen LogP contribution in [-0.2, 0) is 0 Å². The first-order valence-corrected chi connectivity index (χ1v) is 5.83. The van der Waals surface area contributed by atoms with E-state index in [0.29, 0.717) is 11.0 Å². The van der Waals surface area contributed by atoms with E-state index in [1.807, 2.05) is 0 Å². The number of nitrogens with zero attached hydrogens (tertiary/aromatic N) is 1. The van der Waals surface area contributed by atoms with E-state index in [1.54, 1.807) is 0 Å². The number of hydrogen-bond acceptors (Lipinski definition) is 1. The van der Waals surface area contributed by atoms with E-state index in [9.17, 15) is 13.2 Å². The number of benzene rings is 2. The van der Waals surface area contributed by atoms with Crippen molar-refractivity contribution in [2.75, 3.05) is 0 Å². The summed E-state index contributed by atoms with van der Waals surface area (Å²) in [6, 6.07) is 7.73. The highest BCUT2D eigenvalue weighted by Crippen LogP contribution is 2.23. The molecule has 19 heavy (non-hydrogen) atoms. The summed E-state index contributed by atoms with van der Waals surface area (Å²) in [5.41, 5.74) is 0.853. The second kappa shape index (κ2) is 4.24. The van der Waals surface area contributed by atoms with Crippen molar-refractivity contribution in [1.82, 2.24) is 9.55 Å². The fourth-order valence-electron chi connectivity index (χ4n) is 1.98. The van der Waals surface area contributed by atoms with Gasteiger partial charge in [0.15, 0.2) is 16.4 Å². The molecule has 3 aromatic rings. The van der Waals surface area contributed by atoms with E-state index in [4.69, 9.17) is 12.2 Å². The predicted molar refractivity (Wildman–Crippen MR) is 68.3 cm³/mol. The second-order valence-electron chi connectivity index (χ2n) is 4.00. The highest BCUT2D eigenvalue weighted by molar-refractivity contribution is 7.71. The molecular formula is C13H7F3N2S. The van der Waals surface area contributed by atoms with Crippen LogP contribution in [0.2, 0.25) is 0 Å². The van der Waals surface area contributed by atoms with Crippen LogP contribution in [0, 0.1) is 22.2 Å². The molecule has 1 aromatic heterocycles. The minimum absolute atomic E-state index is 0.0538. The molecule has 0 aliphatic rings. The first-order chi connectivity index (χ1) is 9.08. The topological polar surface area (TPSA) is 20.7 Å². The van der Waals surface area contributed by atoms with Crippen LogP contribution >= 0.6 is 12.2 Å². The zero-order valence-corrected chi connectivity index (χ0v) is 10.3. The lowest BCUT2D eigenvalue weighted by Crippen LogP contribution is -2.00. The minimum Gasteiger partial charge on any atom is -0.330 e. The number of hydrogen-bond donors (Lipinski definition) is 1. The fraction of sp³-hybridized carbons (Fsp3) is 0. The molecule has 2 nitrogen and oxygen atoms in total. The van der Waals surface area contributed by atoms with Crippen LogP contribution in [0.5, 0.6) is 0 Å². The van der Waals surface area contributed by atoms with Crippen LogP contribution in [0.15, 0.2) is 36.4 Å². The maximum atomic E-state index is 13.8. The molecule has 0 atom stereocenters. The van der Waals surface area contributed by atoms with Crippen LogP contribution in [0.4, 0.5) is 13.2 Å². The Labute approximate surface area is 111 Å². The Bertz CT molecular complexity index is 836. The highest BCUT2D eigenvalue weighted by Gasteiger charge is 2.14. The van der Waals surface area contributed by atoms with Gasteiger partial charge < -0.3 is 4.98 Å². The van der Waals surface area contributed by atoms with Crippen LogP contribution < -0.4 is 0 Å². The molecule has 1 heterocycles. The number of imidazole rings is 1. The highest BCUT2D eigenvalue weighted by atomic mass is 32.1. The van der Waals surface area contributed by atoms with Gasteiger partial charge in [0.2, 0.25) is 0 Å². The van der Waals surface area contributed by atoms with Crippen LogP contribution in [-0.4, -0.2) is 9.55 Å². The summed E-state index contributed by atoms with van der Waals surface area (Å²) in [4.78, 5) is 2.82. The molecule has 0 amide bonds. The molecular weight excluding hydrogens is 273 g/mol. The Morgan fingerprint density at radius 2 is 1.84 bits per heavy atom. The molecule has 2 aromatic carbocycles. The summed E-state index contributed by atoms with van der Waals surface area (Å²) in [6.45, 7) is 0. The Hall–Kier alpha value is -2.08. The molecule has 0 unspecified atom stereocenters. The number of halogens is 3. The fourth-order valence-corrected chi connectivity index (χ4v) is 2.29. The van der Waals surface area contributed by atoms with Crippen LogP contribution in [0.3, 0.4) is 0 Å². The lowest BCUT2D eigenvalue weighted by Gasteiger charge is -2.06. The second-order valence-corrected chi connectivity index (χ2v) is 4.39. The largest absolute Gasteiger partial charge is 0.330 e. The molecule has 3 rings (SSSR count). The van der Waals surface area contributed by atoms with Gasteiger partial charge >= 0.3 is 0 Å². The average molecular weight is 280 g/mol. The summed E-state index contributed by atoms with van der Waals surface area (Å²) in [5.74, 6) is -2.49. The molecule has 0 bridgehead atoms. The number of aromatic nitrogens is 2. The maximum Gasteiger partial charge on any atom is 0.182 e. The van der Waals surface area contributed by atoms with Gasteiger partial charge in [0.1, 0.15) is 5.82 Å². The summed E-state index contributed by atoms with van der Waals surface area (Å²) < 4.78 is 41.8. The molecule has 0 spiro atoms. The molecule has 0 saturated heterocycles. The van der Waals surface area contributed by atoms with Gasteiger partial charge in [-0.25, -0.2) is 13.2 Å². The van der Waals surface area contributed by atoms with Crippen molar-refractivity contribution in [3.05, 3.63) is 58.6 Å². The van der Waals surface area contributed by atoms with Crippen molar-refractivity contribution in [2.24, 2.45) is 0 Å². The molecule has 1 N–H and O–H groups in total. The molecule has 6 heteroatoms. The first kappa shape index (κ1) is 12.0. The van der Waals surface area contributed by atoms with Crippen molar-refractivity contribution in [3.8, 4) is 5.69 Å². The maximum absolute atomic E-state index is 13.8. The van der Waals surface area contributed by atoms with Crippen LogP contribution in [0.1, 0.15) is 0 Å². The monoisotopic (exact) mass is 280 g/mol. The van der Waals surface area contributed by atoms with Crippen LogP contribution in [0.25, 0.3) is 16.7 Å². The van der Waals surface area contributed by atoms with Crippen molar-refractivity contribution >= 4 is 23.3 Å². The first-order valence-electron chi connectivity index (χ1n) is 5.42. The third-order valence-electron chi connectivity index (χ3n) is 2.82.